The number of hydrogen-bond donors (Lipinski definition) is 1. The van der Waals surface area contributed by atoms with Crippen LogP contribution in [0.2, 0.25) is 0 Å². The van der Waals surface area contributed by atoms with Gasteiger partial charge in [0.15, 0.2) is 5.78 Å². The lowest BCUT2D eigenvalue weighted by molar-refractivity contribution is -0.138. The van der Waals surface area contributed by atoms with Crippen molar-refractivity contribution in [3.63, 3.8) is 0 Å². The Morgan fingerprint density at radius 1 is 0.872 bits per heavy atom. The van der Waals surface area contributed by atoms with Gasteiger partial charge < -0.3 is 20.0 Å². The average molecular weight is 533 g/mol. The van der Waals surface area contributed by atoms with E-state index in [4.69, 9.17) is 0 Å². The highest BCUT2D eigenvalue weighted by molar-refractivity contribution is 5.96. The van der Waals surface area contributed by atoms with E-state index < -0.39 is 0 Å². The molecule has 208 valence electrons. The second kappa shape index (κ2) is 12.2. The first kappa shape index (κ1) is 27.1. The number of Topliss-reactive ketones (excluding diaryl/α,β-unsaturated/α-hetero) is 1. The van der Waals surface area contributed by atoms with E-state index in [1.54, 1.807) is 24.3 Å². The van der Waals surface area contributed by atoms with Crippen LogP contribution in [0.1, 0.15) is 48.7 Å². The Morgan fingerprint density at radius 3 is 2.33 bits per heavy atom. The molecule has 0 radical (unpaired) electrons. The van der Waals surface area contributed by atoms with Crippen LogP contribution in [0.15, 0.2) is 42.5 Å². The van der Waals surface area contributed by atoms with E-state index in [0.717, 1.165) is 76.5 Å². The Labute approximate surface area is 231 Å². The van der Waals surface area contributed by atoms with E-state index in [0.29, 0.717) is 36.3 Å². The fourth-order valence-corrected chi connectivity index (χ4v) is 6.11. The van der Waals surface area contributed by atoms with Crippen molar-refractivity contribution >= 4 is 29.2 Å². The fraction of sp³-hybridized carbons (Fsp3) is 0.533. The summed E-state index contributed by atoms with van der Waals surface area (Å²) in [5, 5.41) is 2.94. The molecule has 0 bridgehead atoms. The summed E-state index contributed by atoms with van der Waals surface area (Å²) < 4.78 is 0. The molecule has 9 heteroatoms. The van der Waals surface area contributed by atoms with Gasteiger partial charge in [0, 0.05) is 68.8 Å². The zero-order valence-electron chi connectivity index (χ0n) is 23.1. The highest BCUT2D eigenvalue weighted by Crippen LogP contribution is 2.26. The first-order valence-electron chi connectivity index (χ1n) is 14.3. The predicted octanol–water partition coefficient (Wildman–Crippen LogP) is 3.65. The molecule has 1 atom stereocenters. The first-order valence-corrected chi connectivity index (χ1v) is 14.3. The van der Waals surface area contributed by atoms with E-state index in [9.17, 15) is 14.4 Å². The number of anilines is 2. The summed E-state index contributed by atoms with van der Waals surface area (Å²) >= 11 is 0. The minimum atomic E-state index is -0.124. The van der Waals surface area contributed by atoms with E-state index >= 15 is 0 Å². The molecule has 3 saturated heterocycles. The molecule has 1 aromatic heterocycles. The molecule has 0 aliphatic carbocycles. The number of benzene rings is 1. The maximum atomic E-state index is 13.4. The number of rotatable bonds is 5. The lowest BCUT2D eigenvalue weighted by atomic mass is 9.92. The van der Waals surface area contributed by atoms with E-state index in [2.05, 4.69) is 25.0 Å². The van der Waals surface area contributed by atoms with Crippen LogP contribution in [-0.4, -0.2) is 95.8 Å². The number of aryl methyl sites for hydroxylation is 1. The van der Waals surface area contributed by atoms with Gasteiger partial charge in [-0.2, -0.15) is 0 Å². The number of carbonyl (C=O) groups is 3. The normalized spacial score (nSPS) is 21.1. The summed E-state index contributed by atoms with van der Waals surface area (Å²) in [6.07, 6.45) is 3.81. The molecule has 3 aliphatic rings. The maximum Gasteiger partial charge on any atom is 0.321 e. The number of pyridine rings is 1. The molecule has 4 heterocycles. The molecule has 1 unspecified atom stereocenters. The summed E-state index contributed by atoms with van der Waals surface area (Å²) in [4.78, 5) is 51.2. The van der Waals surface area contributed by atoms with Crippen LogP contribution in [0.5, 0.6) is 0 Å². The van der Waals surface area contributed by atoms with Crippen molar-refractivity contribution in [3.8, 4) is 0 Å². The van der Waals surface area contributed by atoms with Crippen LogP contribution in [0, 0.1) is 12.8 Å². The summed E-state index contributed by atoms with van der Waals surface area (Å²) in [5.74, 6) is 1.32. The van der Waals surface area contributed by atoms with Crippen LogP contribution >= 0.6 is 0 Å². The van der Waals surface area contributed by atoms with Gasteiger partial charge in [0.1, 0.15) is 5.82 Å². The van der Waals surface area contributed by atoms with Crippen molar-refractivity contribution in [3.05, 3.63) is 53.7 Å². The topological polar surface area (TPSA) is 89.1 Å². The van der Waals surface area contributed by atoms with Gasteiger partial charge in [-0.3, -0.25) is 14.5 Å². The van der Waals surface area contributed by atoms with Crippen molar-refractivity contribution in [1.29, 1.82) is 0 Å². The largest absolute Gasteiger partial charge is 0.353 e. The van der Waals surface area contributed by atoms with Crippen LogP contribution in [0.25, 0.3) is 0 Å². The Bertz CT molecular complexity index is 1190. The highest BCUT2D eigenvalue weighted by atomic mass is 16.2. The lowest BCUT2D eigenvalue weighted by Gasteiger charge is -2.43. The monoisotopic (exact) mass is 532 g/mol. The average Bonchev–Trinajstić information content (AvgIpc) is 2.97. The molecule has 39 heavy (non-hydrogen) atoms. The molecule has 5 rings (SSSR count). The maximum absolute atomic E-state index is 13.4. The van der Waals surface area contributed by atoms with Crippen LogP contribution in [0.3, 0.4) is 0 Å². The molecular formula is C30H40N6O3. The van der Waals surface area contributed by atoms with Gasteiger partial charge in [-0.1, -0.05) is 18.2 Å². The molecule has 3 amide bonds. The minimum absolute atomic E-state index is 0.0213. The van der Waals surface area contributed by atoms with Crippen LogP contribution < -0.4 is 10.2 Å². The fourth-order valence-electron chi connectivity index (χ4n) is 6.11. The predicted molar refractivity (Wildman–Crippen MR) is 152 cm³/mol. The number of nitrogens with zero attached hydrogens (tertiary/aromatic N) is 5. The number of amides is 3. The van der Waals surface area contributed by atoms with Gasteiger partial charge in [-0.25, -0.2) is 9.78 Å². The number of ketones is 1. The molecule has 2 aromatic rings. The number of piperidine rings is 2. The first-order chi connectivity index (χ1) is 18.9. The minimum Gasteiger partial charge on any atom is -0.353 e. The summed E-state index contributed by atoms with van der Waals surface area (Å²) in [5.41, 5.74) is 2.24. The Kier molecular flexibility index (Phi) is 8.45. The SMILES string of the molecule is CC(=O)c1cccc(NC(=O)N2CCC(N3CCCC(C(=O)N4CCN(c5cccc(C)n5)CC4)C3)CC2)c1. The van der Waals surface area contributed by atoms with Crippen molar-refractivity contribution < 1.29 is 14.4 Å². The van der Waals surface area contributed by atoms with Crippen LogP contribution in [0.4, 0.5) is 16.3 Å². The van der Waals surface area contributed by atoms with Gasteiger partial charge in [0.2, 0.25) is 5.91 Å². The zero-order valence-corrected chi connectivity index (χ0v) is 23.1. The highest BCUT2D eigenvalue weighted by Gasteiger charge is 2.35. The number of likely N-dealkylation sites (tertiary alicyclic amines) is 2. The van der Waals surface area contributed by atoms with E-state index in [-0.39, 0.29) is 17.7 Å². The number of urea groups is 1. The quantitative estimate of drug-likeness (QED) is 0.592. The summed E-state index contributed by atoms with van der Waals surface area (Å²) in [6, 6.07) is 13.4. The summed E-state index contributed by atoms with van der Waals surface area (Å²) in [7, 11) is 0. The number of aromatic nitrogens is 1. The van der Waals surface area contributed by atoms with Crippen LogP contribution in [-0.2, 0) is 4.79 Å². The Hall–Kier alpha value is -3.46. The molecule has 1 N–H and O–H groups in total. The van der Waals surface area contributed by atoms with Gasteiger partial charge >= 0.3 is 6.03 Å². The van der Waals surface area contributed by atoms with Crippen molar-refractivity contribution in [1.82, 2.24) is 19.7 Å². The third-order valence-electron chi connectivity index (χ3n) is 8.38. The zero-order chi connectivity index (χ0) is 27.4. The second-order valence-electron chi connectivity index (χ2n) is 11.1. The van der Waals surface area contributed by atoms with Crippen molar-refractivity contribution in [2.45, 2.75) is 45.6 Å². The molecular weight excluding hydrogens is 492 g/mol. The van der Waals surface area contributed by atoms with Gasteiger partial charge in [-0.05, 0) is 70.3 Å². The van der Waals surface area contributed by atoms with Gasteiger partial charge in [0.05, 0.1) is 5.92 Å². The number of nitrogens with one attached hydrogen (secondary N) is 1. The second-order valence-corrected chi connectivity index (χ2v) is 11.1. The summed E-state index contributed by atoms with van der Waals surface area (Å²) in [6.45, 7) is 9.86. The number of carbonyl (C=O) groups excluding carboxylic acids is 3. The Balaban J connectivity index is 1.08. The smallest absolute Gasteiger partial charge is 0.321 e. The molecule has 1 aromatic carbocycles. The molecule has 9 nitrogen and oxygen atoms in total. The molecule has 0 spiro atoms. The third-order valence-corrected chi connectivity index (χ3v) is 8.38. The lowest BCUT2D eigenvalue weighted by Crippen LogP contribution is -2.55. The van der Waals surface area contributed by atoms with E-state index in [1.807, 2.05) is 30.0 Å². The standard InChI is InChI=1S/C30H40N6O3/c1-22-6-3-10-28(31-22)33-16-18-34(19-17-33)29(38)25-8-5-13-36(21-25)27-11-14-35(15-12-27)30(39)32-26-9-4-7-24(20-26)23(2)37/h3-4,6-7,9-10,20,25,27H,5,8,11-19,21H2,1-2H3,(H,32,39). The van der Waals surface area contributed by atoms with Crippen molar-refractivity contribution in [2.75, 3.05) is 62.6 Å². The van der Waals surface area contributed by atoms with E-state index in [1.165, 1.54) is 6.92 Å². The molecule has 3 fully saturated rings. The van der Waals surface area contributed by atoms with Crippen molar-refractivity contribution in [2.24, 2.45) is 5.92 Å². The van der Waals surface area contributed by atoms with Gasteiger partial charge in [-0.15, -0.1) is 0 Å². The third kappa shape index (κ3) is 6.58. The molecule has 3 aliphatic heterocycles. The molecule has 0 saturated carbocycles. The Morgan fingerprint density at radius 2 is 1.62 bits per heavy atom. The number of hydrogen-bond acceptors (Lipinski definition) is 6. The van der Waals surface area contributed by atoms with Gasteiger partial charge in [0.25, 0.3) is 0 Å². The number of piperazine rings is 1.